The number of benzene rings is 2. The Morgan fingerprint density at radius 2 is 1.59 bits per heavy atom. The van der Waals surface area contributed by atoms with Crippen molar-refractivity contribution in [2.45, 2.75) is 13.3 Å². The summed E-state index contributed by atoms with van der Waals surface area (Å²) in [6.07, 6.45) is 0.569. The van der Waals surface area contributed by atoms with Crippen LogP contribution in [0.5, 0.6) is 23.0 Å². The van der Waals surface area contributed by atoms with E-state index in [0.29, 0.717) is 23.7 Å². The first kappa shape index (κ1) is 20.1. The van der Waals surface area contributed by atoms with Gasteiger partial charge in [0.05, 0.1) is 21.3 Å². The summed E-state index contributed by atoms with van der Waals surface area (Å²) in [6, 6.07) is 12.6. The van der Waals surface area contributed by atoms with Crippen molar-refractivity contribution in [3.63, 3.8) is 0 Å². The van der Waals surface area contributed by atoms with E-state index in [9.17, 15) is 4.79 Å². The molecular formula is C20H24N2O5. The molecule has 0 unspecified atom stereocenters. The molecule has 0 aliphatic carbocycles. The highest BCUT2D eigenvalue weighted by atomic mass is 16.5. The fraction of sp³-hybridized carbons (Fsp3) is 0.300. The molecule has 0 saturated heterocycles. The van der Waals surface area contributed by atoms with Gasteiger partial charge in [0.15, 0.2) is 18.1 Å². The smallest absolute Gasteiger partial charge is 0.277 e. The lowest BCUT2D eigenvalue weighted by molar-refractivity contribution is -0.123. The summed E-state index contributed by atoms with van der Waals surface area (Å²) < 4.78 is 21.0. The summed E-state index contributed by atoms with van der Waals surface area (Å²) in [5.74, 6) is 2.29. The third-order valence-corrected chi connectivity index (χ3v) is 3.71. The van der Waals surface area contributed by atoms with E-state index >= 15 is 0 Å². The van der Waals surface area contributed by atoms with Gasteiger partial charge in [0, 0.05) is 12.1 Å². The molecule has 2 aromatic carbocycles. The number of hydrazone groups is 1. The summed E-state index contributed by atoms with van der Waals surface area (Å²) in [7, 11) is 4.77. The number of ether oxygens (including phenoxy) is 4. The van der Waals surface area contributed by atoms with Crippen LogP contribution < -0.4 is 24.4 Å². The first-order valence-corrected chi connectivity index (χ1v) is 8.35. The van der Waals surface area contributed by atoms with Crippen LogP contribution in [-0.4, -0.2) is 39.6 Å². The topological polar surface area (TPSA) is 78.4 Å². The maximum absolute atomic E-state index is 11.9. The second kappa shape index (κ2) is 10.1. The number of rotatable bonds is 9. The van der Waals surface area contributed by atoms with Gasteiger partial charge in [0.2, 0.25) is 0 Å². The Morgan fingerprint density at radius 3 is 2.22 bits per heavy atom. The molecule has 1 amide bonds. The van der Waals surface area contributed by atoms with Crippen molar-refractivity contribution < 1.29 is 23.7 Å². The van der Waals surface area contributed by atoms with E-state index < -0.39 is 0 Å². The molecule has 0 saturated carbocycles. The molecule has 0 bridgehead atoms. The third-order valence-electron chi connectivity index (χ3n) is 3.71. The van der Waals surface area contributed by atoms with E-state index in [1.807, 2.05) is 25.1 Å². The molecule has 0 atom stereocenters. The fourth-order valence-corrected chi connectivity index (χ4v) is 2.34. The van der Waals surface area contributed by atoms with Gasteiger partial charge < -0.3 is 18.9 Å². The van der Waals surface area contributed by atoms with Crippen molar-refractivity contribution >= 4 is 11.6 Å². The minimum atomic E-state index is -0.336. The largest absolute Gasteiger partial charge is 0.497 e. The molecule has 0 aliphatic heterocycles. The van der Waals surface area contributed by atoms with Crippen molar-refractivity contribution in [3.8, 4) is 23.0 Å². The highest BCUT2D eigenvalue weighted by Crippen LogP contribution is 2.27. The fourth-order valence-electron chi connectivity index (χ4n) is 2.34. The Hall–Kier alpha value is -3.22. The monoisotopic (exact) mass is 372 g/mol. The maximum atomic E-state index is 11.9. The third kappa shape index (κ3) is 6.22. The van der Waals surface area contributed by atoms with Gasteiger partial charge in [0.1, 0.15) is 11.5 Å². The van der Waals surface area contributed by atoms with E-state index in [2.05, 4.69) is 10.5 Å². The van der Waals surface area contributed by atoms with E-state index in [1.165, 1.54) is 0 Å². The Labute approximate surface area is 158 Å². The zero-order valence-corrected chi connectivity index (χ0v) is 15.9. The number of nitrogens with zero attached hydrogens (tertiary/aromatic N) is 1. The Bertz CT molecular complexity index is 787. The van der Waals surface area contributed by atoms with Crippen molar-refractivity contribution in [2.75, 3.05) is 27.9 Å². The Balaban J connectivity index is 1.84. The SMILES string of the molecule is COc1ccc(OCC(=O)N/N=C(/C)Cc2ccc(OC)c(OC)c2)cc1. The van der Waals surface area contributed by atoms with Crippen LogP contribution in [0.3, 0.4) is 0 Å². The molecule has 7 nitrogen and oxygen atoms in total. The second-order valence-corrected chi connectivity index (χ2v) is 5.71. The van der Waals surface area contributed by atoms with Crippen LogP contribution in [0.1, 0.15) is 12.5 Å². The van der Waals surface area contributed by atoms with Gasteiger partial charge in [-0.3, -0.25) is 4.79 Å². The van der Waals surface area contributed by atoms with Gasteiger partial charge in [-0.25, -0.2) is 5.43 Å². The molecular weight excluding hydrogens is 348 g/mol. The number of nitrogens with one attached hydrogen (secondary N) is 1. The number of carbonyl (C=O) groups is 1. The Morgan fingerprint density at radius 1 is 0.926 bits per heavy atom. The van der Waals surface area contributed by atoms with E-state index in [4.69, 9.17) is 18.9 Å². The van der Waals surface area contributed by atoms with Crippen molar-refractivity contribution in [3.05, 3.63) is 48.0 Å². The molecule has 0 fully saturated rings. The molecule has 144 valence electrons. The van der Waals surface area contributed by atoms with Gasteiger partial charge >= 0.3 is 0 Å². The van der Waals surface area contributed by atoms with Crippen LogP contribution >= 0.6 is 0 Å². The van der Waals surface area contributed by atoms with Crippen molar-refractivity contribution in [2.24, 2.45) is 5.10 Å². The van der Waals surface area contributed by atoms with Crippen LogP contribution in [0.2, 0.25) is 0 Å². The second-order valence-electron chi connectivity index (χ2n) is 5.71. The number of amides is 1. The van der Waals surface area contributed by atoms with Crippen LogP contribution in [0, 0.1) is 0 Å². The average Bonchev–Trinajstić information content (AvgIpc) is 2.70. The van der Waals surface area contributed by atoms with Gasteiger partial charge in [-0.1, -0.05) is 6.07 Å². The van der Waals surface area contributed by atoms with Crippen LogP contribution in [0.25, 0.3) is 0 Å². The number of hydrogen-bond donors (Lipinski definition) is 1. The molecule has 2 aromatic rings. The van der Waals surface area contributed by atoms with Crippen molar-refractivity contribution in [1.82, 2.24) is 5.43 Å². The zero-order chi connectivity index (χ0) is 19.6. The molecule has 2 rings (SSSR count). The zero-order valence-electron chi connectivity index (χ0n) is 15.9. The molecule has 0 aromatic heterocycles. The van der Waals surface area contributed by atoms with Crippen molar-refractivity contribution in [1.29, 1.82) is 0 Å². The van der Waals surface area contributed by atoms with Crippen LogP contribution in [0.4, 0.5) is 0 Å². The Kier molecular flexibility index (Phi) is 7.49. The maximum Gasteiger partial charge on any atom is 0.277 e. The normalized spacial score (nSPS) is 10.9. The first-order chi connectivity index (χ1) is 13.0. The lowest BCUT2D eigenvalue weighted by Gasteiger charge is -2.09. The van der Waals surface area contributed by atoms with E-state index in [0.717, 1.165) is 17.0 Å². The summed E-state index contributed by atoms with van der Waals surface area (Å²) in [5.41, 5.74) is 4.24. The van der Waals surface area contributed by atoms with E-state index in [-0.39, 0.29) is 12.5 Å². The molecule has 1 N–H and O–H groups in total. The van der Waals surface area contributed by atoms with Crippen LogP contribution in [0.15, 0.2) is 47.6 Å². The first-order valence-electron chi connectivity index (χ1n) is 8.35. The molecule has 0 aliphatic rings. The molecule has 27 heavy (non-hydrogen) atoms. The minimum absolute atomic E-state index is 0.126. The molecule has 0 radical (unpaired) electrons. The summed E-state index contributed by atoms with van der Waals surface area (Å²) >= 11 is 0. The summed E-state index contributed by atoms with van der Waals surface area (Å²) in [5, 5.41) is 4.10. The number of hydrogen-bond acceptors (Lipinski definition) is 6. The molecule has 0 heterocycles. The van der Waals surface area contributed by atoms with E-state index in [1.54, 1.807) is 45.6 Å². The predicted octanol–water partition coefficient (Wildman–Crippen LogP) is 2.83. The predicted molar refractivity (Wildman–Crippen MR) is 103 cm³/mol. The standard InChI is InChI=1S/C20H24N2O5/c1-14(11-15-5-10-18(25-3)19(12-15)26-4)21-22-20(23)13-27-17-8-6-16(24-2)7-9-17/h5-10,12H,11,13H2,1-4H3,(H,22,23)/b21-14-. The molecule has 7 heteroatoms. The number of methoxy groups -OCH3 is 3. The average molecular weight is 372 g/mol. The lowest BCUT2D eigenvalue weighted by atomic mass is 10.1. The van der Waals surface area contributed by atoms with Gasteiger partial charge in [-0.2, -0.15) is 5.10 Å². The van der Waals surface area contributed by atoms with Gasteiger partial charge in [-0.05, 0) is 48.9 Å². The highest BCUT2D eigenvalue weighted by molar-refractivity contribution is 5.86. The summed E-state index contributed by atoms with van der Waals surface area (Å²) in [4.78, 5) is 11.9. The highest BCUT2D eigenvalue weighted by Gasteiger charge is 2.06. The van der Waals surface area contributed by atoms with Gasteiger partial charge in [-0.15, -0.1) is 0 Å². The minimum Gasteiger partial charge on any atom is -0.497 e. The number of carbonyl (C=O) groups excluding carboxylic acids is 1. The van der Waals surface area contributed by atoms with Gasteiger partial charge in [0.25, 0.3) is 5.91 Å². The quantitative estimate of drug-likeness (QED) is 0.541. The van der Waals surface area contributed by atoms with Crippen LogP contribution in [-0.2, 0) is 11.2 Å². The molecule has 0 spiro atoms. The summed E-state index contributed by atoms with van der Waals surface area (Å²) in [6.45, 7) is 1.71. The lowest BCUT2D eigenvalue weighted by Crippen LogP contribution is -2.25.